The molecule has 0 spiro atoms. The molecular weight excluding hydrogens is 1050 g/mol. The van der Waals surface area contributed by atoms with Crippen LogP contribution in [0, 0.1) is 0 Å². The highest BCUT2D eigenvalue weighted by Gasteiger charge is 2.33. The second-order valence-electron chi connectivity index (χ2n) is 15.5. The first kappa shape index (κ1) is 51.6. The van der Waals surface area contributed by atoms with E-state index in [-0.39, 0.29) is 67.5 Å². The van der Waals surface area contributed by atoms with E-state index in [1.165, 1.54) is 109 Å². The van der Waals surface area contributed by atoms with Crippen molar-refractivity contribution in [2.75, 3.05) is 21.5 Å². The predicted molar refractivity (Wildman–Crippen MR) is 269 cm³/mol. The number of ketones is 2. The number of amides is 2. The molecule has 8 rings (SSSR count). The van der Waals surface area contributed by atoms with Crippen LogP contribution in [0.2, 0.25) is 0 Å². The van der Waals surface area contributed by atoms with E-state index in [4.69, 9.17) is 0 Å². The largest absolute Gasteiger partial charge is 0.322 e. The quantitative estimate of drug-likeness (QED) is 0.0383. The molecule has 0 bridgehead atoms. The van der Waals surface area contributed by atoms with Crippen molar-refractivity contribution in [3.63, 3.8) is 0 Å². The molecule has 0 atom stereocenters. The monoisotopic (exact) mass is 1080 g/mol. The summed E-state index contributed by atoms with van der Waals surface area (Å²) >= 11 is 0. The molecule has 24 nitrogen and oxygen atoms in total. The molecule has 0 unspecified atom stereocenters. The van der Waals surface area contributed by atoms with E-state index in [2.05, 4.69) is 41.7 Å². The van der Waals surface area contributed by atoms with Gasteiger partial charge in [0.1, 0.15) is 42.4 Å². The molecule has 4 aromatic carbocycles. The van der Waals surface area contributed by atoms with Crippen molar-refractivity contribution in [1.29, 1.82) is 0 Å². The fourth-order valence-corrected chi connectivity index (χ4v) is 9.94. The maximum absolute atomic E-state index is 13.2. The fraction of sp³-hybridized carbons (Fsp3) is 0. The van der Waals surface area contributed by atoms with E-state index < -0.39 is 94.9 Å². The van der Waals surface area contributed by atoms with E-state index in [1.54, 1.807) is 0 Å². The van der Waals surface area contributed by atoms with Gasteiger partial charge in [-0.3, -0.25) is 58.2 Å². The lowest BCUT2D eigenvalue weighted by atomic mass is 10.00. The Morgan fingerprint density at radius 2 is 0.824 bits per heavy atom. The predicted octanol–water partition coefficient (Wildman–Crippen LogP) is 5.43. The van der Waals surface area contributed by atoms with Crippen molar-refractivity contribution in [2.24, 2.45) is 10.2 Å². The molecule has 376 valence electrons. The van der Waals surface area contributed by atoms with Crippen LogP contribution in [0.3, 0.4) is 0 Å². The first-order valence-electron chi connectivity index (χ1n) is 20.6. The van der Waals surface area contributed by atoms with E-state index in [1.807, 2.05) is 0 Å². The van der Waals surface area contributed by atoms with Gasteiger partial charge in [-0.25, -0.2) is 0 Å². The van der Waals surface area contributed by atoms with E-state index >= 15 is 0 Å². The molecular formula is C46H32N8O16S4. The SMILES string of the molecule is O=C(Nc1ccc(/C=C/c2ccc(NC(=O)c3ccc(N/N=C4\C=C(S(=O)(=O)O)c5cccnc5C4=O)cc3)cc2S(=O)(=O)O)c(S(=O)(=O)O)c1)c1ccc(NN=C2C=C(S(=O)(=O)O)c3cccnc3C2=O)cc1. The number of hydrazone groups is 2. The molecule has 0 radical (unpaired) electrons. The van der Waals surface area contributed by atoms with Crippen molar-refractivity contribution in [3.05, 3.63) is 179 Å². The topological polar surface area (TPSA) is 384 Å². The Bertz CT molecular complexity index is 3770. The molecule has 74 heavy (non-hydrogen) atoms. The molecule has 0 saturated heterocycles. The zero-order valence-electron chi connectivity index (χ0n) is 37.0. The van der Waals surface area contributed by atoms with Crippen LogP contribution in [0.1, 0.15) is 63.9 Å². The van der Waals surface area contributed by atoms with Gasteiger partial charge in [-0.2, -0.15) is 43.9 Å². The Balaban J connectivity index is 0.931. The van der Waals surface area contributed by atoms with Crippen LogP contribution in [0.25, 0.3) is 22.0 Å². The van der Waals surface area contributed by atoms with E-state index in [9.17, 15) is 71.1 Å². The Hall–Kier alpha value is -8.74. The third-order valence-electron chi connectivity index (χ3n) is 10.6. The molecule has 2 heterocycles. The maximum Gasteiger partial charge on any atom is 0.295 e. The molecule has 2 aromatic heterocycles. The van der Waals surface area contributed by atoms with E-state index in [0.29, 0.717) is 0 Å². The van der Waals surface area contributed by atoms with Gasteiger partial charge in [0.05, 0.1) is 11.4 Å². The number of anilines is 4. The summed E-state index contributed by atoms with van der Waals surface area (Å²) in [5.41, 5.74) is 3.55. The van der Waals surface area contributed by atoms with Gasteiger partial charge in [0.15, 0.2) is 0 Å². The number of benzene rings is 4. The normalized spacial score (nSPS) is 15.0. The number of hydrogen-bond donors (Lipinski definition) is 8. The van der Waals surface area contributed by atoms with Gasteiger partial charge in [-0.1, -0.05) is 24.3 Å². The third-order valence-corrected chi connectivity index (χ3v) is 14.2. The fourth-order valence-electron chi connectivity index (χ4n) is 7.11. The van der Waals surface area contributed by atoms with Crippen LogP contribution in [0.5, 0.6) is 0 Å². The number of carbonyl (C=O) groups excluding carboxylic acids is 4. The number of Topliss-reactive ketones (excluding diaryl/α,β-unsaturated/α-hetero) is 2. The van der Waals surface area contributed by atoms with Crippen LogP contribution in [-0.2, 0) is 40.5 Å². The highest BCUT2D eigenvalue weighted by Crippen LogP contribution is 2.31. The second-order valence-corrected chi connectivity index (χ2v) is 21.1. The van der Waals surface area contributed by atoms with Crippen molar-refractivity contribution in [1.82, 2.24) is 9.97 Å². The van der Waals surface area contributed by atoms with Crippen molar-refractivity contribution in [2.45, 2.75) is 9.79 Å². The summed E-state index contributed by atoms with van der Waals surface area (Å²) in [4.78, 5) is 57.4. The molecule has 0 fully saturated rings. The highest BCUT2D eigenvalue weighted by atomic mass is 32.2. The van der Waals surface area contributed by atoms with Crippen LogP contribution in [0.4, 0.5) is 22.7 Å². The summed E-state index contributed by atoms with van der Waals surface area (Å²) in [6.07, 6.45) is 6.47. The maximum atomic E-state index is 13.2. The molecule has 2 amide bonds. The summed E-state index contributed by atoms with van der Waals surface area (Å²) < 4.78 is 138. The number of pyridine rings is 2. The number of allylic oxidation sites excluding steroid dienone is 2. The Morgan fingerprint density at radius 1 is 0.473 bits per heavy atom. The molecule has 2 aliphatic carbocycles. The average Bonchev–Trinajstić information content (AvgIpc) is 3.35. The third kappa shape index (κ3) is 11.5. The molecule has 6 aromatic rings. The van der Waals surface area contributed by atoms with Gasteiger partial charge in [0, 0.05) is 46.0 Å². The number of fused-ring (bicyclic) bond motifs is 2. The highest BCUT2D eigenvalue weighted by molar-refractivity contribution is 7.95. The van der Waals surface area contributed by atoms with Crippen LogP contribution in [-0.4, -0.2) is 96.7 Å². The van der Waals surface area contributed by atoms with Gasteiger partial charge >= 0.3 is 0 Å². The van der Waals surface area contributed by atoms with Crippen molar-refractivity contribution < 1.29 is 71.1 Å². The first-order chi connectivity index (χ1) is 34.8. The average molecular weight is 1080 g/mol. The summed E-state index contributed by atoms with van der Waals surface area (Å²) in [6.45, 7) is 0. The summed E-state index contributed by atoms with van der Waals surface area (Å²) in [5, 5.41) is 12.8. The number of nitrogens with one attached hydrogen (secondary N) is 4. The van der Waals surface area contributed by atoms with E-state index in [0.717, 1.165) is 36.4 Å². The lowest BCUT2D eigenvalue weighted by molar-refractivity contribution is 0.101. The zero-order valence-corrected chi connectivity index (χ0v) is 40.2. The minimum atomic E-state index is -5.00. The van der Waals surface area contributed by atoms with Crippen LogP contribution < -0.4 is 21.5 Å². The molecule has 0 saturated carbocycles. The number of nitrogens with zero attached hydrogens (tertiary/aromatic N) is 4. The van der Waals surface area contributed by atoms with Gasteiger partial charge < -0.3 is 10.6 Å². The van der Waals surface area contributed by atoms with Crippen LogP contribution >= 0.6 is 0 Å². The van der Waals surface area contributed by atoms with Crippen LogP contribution in [0.15, 0.2) is 154 Å². The Morgan fingerprint density at radius 3 is 1.16 bits per heavy atom. The molecule has 28 heteroatoms. The second kappa shape index (κ2) is 20.0. The van der Waals surface area contributed by atoms with Crippen molar-refractivity contribution in [3.8, 4) is 0 Å². The summed E-state index contributed by atoms with van der Waals surface area (Å²) in [6, 6.07) is 22.9. The summed E-state index contributed by atoms with van der Waals surface area (Å²) in [5.74, 6) is -2.97. The first-order valence-corrected chi connectivity index (χ1v) is 26.4. The molecule has 2 aliphatic rings. The standard InChI is InChI=1S/C46H32N8O16S4/c55-43-35(23-39(73(65,66)67)33-3-1-19-47-41(33)43)53-51-29-13-9-27(10-14-29)45(57)49-31-17-7-25(37(21-31)71(59,60)61)5-6-26-8-18-32(22-38(26)72(62,63)64)50-46(58)28-11-15-30(16-12-28)52-54-36-24-40(74(68,69)70)34-4-2-20-48-42(34)44(36)56/h1-24,51-52H,(H,49,57)(H,50,58)(H,59,60,61)(H,62,63,64)(H,65,66,67)(H,68,69,70)/b6-5+,53-35+,54-36?. The number of rotatable bonds is 14. The summed E-state index contributed by atoms with van der Waals surface area (Å²) in [7, 11) is -19.6. The van der Waals surface area contributed by atoms with Gasteiger partial charge in [-0.15, -0.1) is 0 Å². The van der Waals surface area contributed by atoms with Gasteiger partial charge in [0.2, 0.25) is 11.6 Å². The number of hydrogen-bond acceptors (Lipinski definition) is 18. The van der Waals surface area contributed by atoms with Crippen molar-refractivity contribution >= 4 is 120 Å². The number of aromatic nitrogens is 2. The Labute approximate surface area is 419 Å². The zero-order chi connectivity index (χ0) is 53.3. The molecule has 8 N–H and O–H groups in total. The lowest BCUT2D eigenvalue weighted by Gasteiger charge is -2.15. The lowest BCUT2D eigenvalue weighted by Crippen LogP contribution is -2.23. The smallest absolute Gasteiger partial charge is 0.295 e. The number of carbonyl (C=O) groups is 4. The Kier molecular flexibility index (Phi) is 14.0. The van der Waals surface area contributed by atoms with Gasteiger partial charge in [-0.05, 0) is 120 Å². The minimum Gasteiger partial charge on any atom is -0.322 e. The molecule has 0 aliphatic heterocycles. The minimum absolute atomic E-state index is 0.0374. The van der Waals surface area contributed by atoms with Gasteiger partial charge in [0.25, 0.3) is 52.3 Å².